The van der Waals surface area contributed by atoms with E-state index in [-0.39, 0.29) is 17.6 Å². The van der Waals surface area contributed by atoms with Gasteiger partial charge in [-0.25, -0.2) is 9.37 Å². The first-order chi connectivity index (χ1) is 12.9. The summed E-state index contributed by atoms with van der Waals surface area (Å²) in [4.78, 5) is 17.0. The zero-order valence-electron chi connectivity index (χ0n) is 15.6. The van der Waals surface area contributed by atoms with E-state index in [1.165, 1.54) is 24.5 Å². The molecule has 1 N–H and O–H groups in total. The van der Waals surface area contributed by atoms with Crippen molar-refractivity contribution < 1.29 is 13.9 Å². The minimum Gasteiger partial charge on any atom is -0.494 e. The molecule has 0 fully saturated rings. The van der Waals surface area contributed by atoms with Crippen molar-refractivity contribution in [3.63, 3.8) is 0 Å². The van der Waals surface area contributed by atoms with E-state index in [2.05, 4.69) is 15.4 Å². The number of hydrogen-bond donors (Lipinski definition) is 1. The molecule has 8 heteroatoms. The van der Waals surface area contributed by atoms with Crippen LogP contribution < -0.4 is 10.1 Å². The third-order valence-electron chi connectivity index (χ3n) is 4.09. The summed E-state index contributed by atoms with van der Waals surface area (Å²) in [7, 11) is 1.42. The summed E-state index contributed by atoms with van der Waals surface area (Å²) >= 11 is 1.28. The highest BCUT2D eigenvalue weighted by Crippen LogP contribution is 2.28. The van der Waals surface area contributed by atoms with Crippen molar-refractivity contribution in [2.24, 2.45) is 0 Å². The molecule has 0 aliphatic carbocycles. The van der Waals surface area contributed by atoms with E-state index < -0.39 is 5.82 Å². The van der Waals surface area contributed by atoms with Gasteiger partial charge in [-0.2, -0.15) is 5.10 Å². The van der Waals surface area contributed by atoms with Crippen LogP contribution in [-0.4, -0.2) is 27.8 Å². The Bertz CT molecular complexity index is 965. The number of nitrogens with one attached hydrogen (secondary N) is 1. The molecule has 6 nitrogen and oxygen atoms in total. The molecular formula is C19H21FN4O2S. The molecule has 2 heterocycles. The highest BCUT2D eigenvalue weighted by atomic mass is 32.1. The van der Waals surface area contributed by atoms with Gasteiger partial charge in [-0.05, 0) is 37.1 Å². The number of thiazole rings is 1. The average Bonchev–Trinajstić information content (AvgIpc) is 3.28. The lowest BCUT2D eigenvalue weighted by atomic mass is 10.1. The maximum absolute atomic E-state index is 13.9. The largest absolute Gasteiger partial charge is 0.494 e. The van der Waals surface area contributed by atoms with Gasteiger partial charge in [0.25, 0.3) is 5.91 Å². The number of nitrogens with zero attached hydrogens (tertiary/aromatic N) is 3. The van der Waals surface area contributed by atoms with Crippen molar-refractivity contribution in [1.29, 1.82) is 0 Å². The minimum absolute atomic E-state index is 0.177. The molecule has 142 valence electrons. The topological polar surface area (TPSA) is 69.0 Å². The van der Waals surface area contributed by atoms with Gasteiger partial charge in [0, 0.05) is 17.5 Å². The number of halogens is 1. The van der Waals surface area contributed by atoms with E-state index in [4.69, 9.17) is 4.74 Å². The van der Waals surface area contributed by atoms with E-state index in [1.807, 2.05) is 20.8 Å². The van der Waals surface area contributed by atoms with Gasteiger partial charge < -0.3 is 4.74 Å². The SMILES string of the molecule is CCn1nc(C(C)C)cc1C(=O)Nc1nc(-c2ccc(OC)c(F)c2)cs1. The van der Waals surface area contributed by atoms with Gasteiger partial charge in [0.2, 0.25) is 0 Å². The molecule has 0 bridgehead atoms. The Hall–Kier alpha value is -2.74. The number of amides is 1. The molecule has 0 saturated heterocycles. The Morgan fingerprint density at radius 2 is 2.15 bits per heavy atom. The first-order valence-electron chi connectivity index (χ1n) is 8.61. The van der Waals surface area contributed by atoms with Crippen molar-refractivity contribution in [3.05, 3.63) is 46.9 Å². The predicted octanol–water partition coefficient (Wildman–Crippen LogP) is 4.55. The molecule has 0 spiro atoms. The fraction of sp³-hybridized carbons (Fsp3) is 0.316. The predicted molar refractivity (Wildman–Crippen MR) is 104 cm³/mol. The summed E-state index contributed by atoms with van der Waals surface area (Å²) in [6.07, 6.45) is 0. The van der Waals surface area contributed by atoms with Crippen molar-refractivity contribution in [1.82, 2.24) is 14.8 Å². The standard InChI is InChI=1S/C19H21FN4O2S/c1-5-24-16(9-14(23-24)11(2)3)18(25)22-19-21-15(10-27-19)12-6-7-17(26-4)13(20)8-12/h6-11H,5H2,1-4H3,(H,21,22,25). The highest BCUT2D eigenvalue weighted by Gasteiger charge is 2.18. The Kier molecular flexibility index (Phi) is 5.55. The van der Waals surface area contributed by atoms with Crippen LogP contribution in [0.2, 0.25) is 0 Å². The van der Waals surface area contributed by atoms with Gasteiger partial charge in [0.15, 0.2) is 16.7 Å². The second-order valence-corrected chi connectivity index (χ2v) is 7.12. The Morgan fingerprint density at radius 1 is 1.37 bits per heavy atom. The summed E-state index contributed by atoms with van der Waals surface area (Å²) in [6.45, 7) is 6.60. The molecule has 0 aliphatic rings. The number of carbonyl (C=O) groups excluding carboxylic acids is 1. The molecule has 3 rings (SSSR count). The van der Waals surface area contributed by atoms with E-state index in [9.17, 15) is 9.18 Å². The van der Waals surface area contributed by atoms with E-state index in [0.29, 0.717) is 28.6 Å². The quantitative estimate of drug-likeness (QED) is 0.673. The summed E-state index contributed by atoms with van der Waals surface area (Å²) in [6, 6.07) is 6.44. The van der Waals surface area contributed by atoms with Gasteiger partial charge in [-0.1, -0.05) is 13.8 Å². The second-order valence-electron chi connectivity index (χ2n) is 6.27. The maximum atomic E-state index is 13.9. The minimum atomic E-state index is -0.457. The number of hydrogen-bond acceptors (Lipinski definition) is 5. The molecule has 0 unspecified atom stereocenters. The smallest absolute Gasteiger partial charge is 0.275 e. The third kappa shape index (κ3) is 4.00. The van der Waals surface area contributed by atoms with E-state index in [0.717, 1.165) is 5.69 Å². The summed E-state index contributed by atoms with van der Waals surface area (Å²) in [5.41, 5.74) is 2.57. The number of rotatable bonds is 6. The van der Waals surface area contributed by atoms with Crippen molar-refractivity contribution in [3.8, 4) is 17.0 Å². The fourth-order valence-corrected chi connectivity index (χ4v) is 3.31. The number of methoxy groups -OCH3 is 1. The molecule has 0 aliphatic heterocycles. The van der Waals surface area contributed by atoms with E-state index >= 15 is 0 Å². The molecule has 0 saturated carbocycles. The first-order valence-corrected chi connectivity index (χ1v) is 9.49. The van der Waals surface area contributed by atoms with Crippen LogP contribution in [0.5, 0.6) is 5.75 Å². The van der Waals surface area contributed by atoms with Crippen LogP contribution in [0, 0.1) is 5.82 Å². The fourth-order valence-electron chi connectivity index (χ4n) is 2.59. The summed E-state index contributed by atoms with van der Waals surface area (Å²) in [5.74, 6) is -0.309. The summed E-state index contributed by atoms with van der Waals surface area (Å²) < 4.78 is 20.5. The lowest BCUT2D eigenvalue weighted by Gasteiger charge is -2.04. The number of aromatic nitrogens is 3. The maximum Gasteiger partial charge on any atom is 0.275 e. The number of ether oxygens (including phenoxy) is 1. The third-order valence-corrected chi connectivity index (χ3v) is 4.85. The molecule has 0 atom stereocenters. The molecule has 2 aromatic heterocycles. The monoisotopic (exact) mass is 388 g/mol. The molecule has 27 heavy (non-hydrogen) atoms. The molecule has 1 aromatic carbocycles. The Balaban J connectivity index is 1.80. The van der Waals surface area contributed by atoms with E-state index in [1.54, 1.807) is 28.3 Å². The Morgan fingerprint density at radius 3 is 2.78 bits per heavy atom. The lowest BCUT2D eigenvalue weighted by molar-refractivity contribution is 0.101. The zero-order valence-corrected chi connectivity index (χ0v) is 16.4. The zero-order chi connectivity index (χ0) is 19.6. The van der Waals surface area contributed by atoms with Gasteiger partial charge >= 0.3 is 0 Å². The van der Waals surface area contributed by atoms with Gasteiger partial charge in [-0.15, -0.1) is 11.3 Å². The van der Waals surface area contributed by atoms with Gasteiger partial charge in [0.05, 0.1) is 18.5 Å². The van der Waals surface area contributed by atoms with Gasteiger partial charge in [-0.3, -0.25) is 14.8 Å². The van der Waals surface area contributed by atoms with Crippen LogP contribution >= 0.6 is 11.3 Å². The number of benzene rings is 1. The second kappa shape index (κ2) is 7.87. The average molecular weight is 388 g/mol. The summed E-state index contributed by atoms with van der Waals surface area (Å²) in [5, 5.41) is 9.47. The number of anilines is 1. The Labute approximate surface area is 161 Å². The highest BCUT2D eigenvalue weighted by molar-refractivity contribution is 7.14. The molecule has 1 amide bonds. The van der Waals surface area contributed by atoms with Crippen molar-refractivity contribution in [2.45, 2.75) is 33.2 Å². The first kappa shape index (κ1) is 19.0. The number of carbonyl (C=O) groups is 1. The van der Waals surface area contributed by atoms with Gasteiger partial charge in [0.1, 0.15) is 5.69 Å². The molecular weight excluding hydrogens is 367 g/mol. The van der Waals surface area contributed by atoms with Crippen LogP contribution in [0.3, 0.4) is 0 Å². The lowest BCUT2D eigenvalue weighted by Crippen LogP contribution is -2.17. The van der Waals surface area contributed by atoms with Crippen LogP contribution in [0.1, 0.15) is 42.9 Å². The van der Waals surface area contributed by atoms with Crippen molar-refractivity contribution >= 4 is 22.4 Å². The van der Waals surface area contributed by atoms with Crippen LogP contribution in [-0.2, 0) is 6.54 Å². The molecule has 0 radical (unpaired) electrons. The van der Waals surface area contributed by atoms with Crippen LogP contribution in [0.25, 0.3) is 11.3 Å². The normalized spacial score (nSPS) is 11.0. The molecule has 3 aromatic rings. The number of aryl methyl sites for hydroxylation is 1. The van der Waals surface area contributed by atoms with Crippen molar-refractivity contribution in [2.75, 3.05) is 12.4 Å². The van der Waals surface area contributed by atoms with Crippen LogP contribution in [0.4, 0.5) is 9.52 Å². The van der Waals surface area contributed by atoms with Crippen LogP contribution in [0.15, 0.2) is 29.6 Å².